The number of likely N-dealkylation sites (tertiary alicyclic amines) is 1. The van der Waals surface area contributed by atoms with Crippen molar-refractivity contribution in [3.05, 3.63) is 29.7 Å². The summed E-state index contributed by atoms with van der Waals surface area (Å²) in [5.74, 6) is 2.23. The van der Waals surface area contributed by atoms with E-state index in [4.69, 9.17) is 13.9 Å². The molecule has 1 fully saturated rings. The van der Waals surface area contributed by atoms with Gasteiger partial charge in [-0.15, -0.1) is 10.2 Å². The van der Waals surface area contributed by atoms with Crippen LogP contribution < -0.4 is 19.7 Å². The molecule has 8 nitrogen and oxygen atoms in total. The minimum atomic E-state index is -0.135. The fourth-order valence-corrected chi connectivity index (χ4v) is 3.90. The van der Waals surface area contributed by atoms with Crippen LogP contribution in [-0.4, -0.2) is 41.7 Å². The summed E-state index contributed by atoms with van der Waals surface area (Å²) in [6, 6.07) is 5.55. The molecule has 2 aromatic rings. The maximum atomic E-state index is 12.2. The number of thioether (sulfide) groups is 1. The normalized spacial score (nSPS) is 17.2. The molecule has 0 unspecified atom stereocenters. The lowest BCUT2D eigenvalue weighted by atomic mass is 10.1. The molecule has 4 rings (SSSR count). The second kappa shape index (κ2) is 8.18. The quantitative estimate of drug-likeness (QED) is 0.679. The van der Waals surface area contributed by atoms with E-state index in [0.717, 1.165) is 30.9 Å². The van der Waals surface area contributed by atoms with Crippen molar-refractivity contribution in [3.63, 3.8) is 0 Å². The predicted molar refractivity (Wildman–Crippen MR) is 97.8 cm³/mol. The highest BCUT2D eigenvalue weighted by Gasteiger charge is 2.20. The summed E-state index contributed by atoms with van der Waals surface area (Å²) in [6.45, 7) is 5.25. The largest absolute Gasteiger partial charge is 0.454 e. The third-order valence-electron chi connectivity index (χ3n) is 4.76. The lowest BCUT2D eigenvalue weighted by Crippen LogP contribution is -3.08. The number of nitrogens with zero attached hydrogens (tertiary/aromatic N) is 2. The summed E-state index contributed by atoms with van der Waals surface area (Å²) in [6.07, 6.45) is 2.51. The Morgan fingerprint density at radius 2 is 2.07 bits per heavy atom. The molecule has 0 saturated carbocycles. The summed E-state index contributed by atoms with van der Waals surface area (Å²) in [5, 5.41) is 11.5. The van der Waals surface area contributed by atoms with E-state index in [9.17, 15) is 4.79 Å². The van der Waals surface area contributed by atoms with Crippen LogP contribution in [0.2, 0.25) is 0 Å². The van der Waals surface area contributed by atoms with Crippen LogP contribution in [0.5, 0.6) is 11.5 Å². The van der Waals surface area contributed by atoms with E-state index in [1.807, 2.05) is 25.1 Å². The molecule has 9 heteroatoms. The van der Waals surface area contributed by atoms with Crippen LogP contribution in [0, 0.1) is 0 Å². The van der Waals surface area contributed by atoms with Gasteiger partial charge in [-0.2, -0.15) is 0 Å². The molecule has 0 radical (unpaired) electrons. The average Bonchev–Trinajstić information content (AvgIpc) is 3.41. The molecule has 2 aliphatic rings. The first-order valence-electron chi connectivity index (χ1n) is 9.15. The van der Waals surface area contributed by atoms with Crippen molar-refractivity contribution in [2.75, 3.05) is 25.6 Å². The van der Waals surface area contributed by atoms with E-state index >= 15 is 0 Å². The van der Waals surface area contributed by atoms with Crippen LogP contribution in [0.1, 0.15) is 37.3 Å². The van der Waals surface area contributed by atoms with Gasteiger partial charge in [-0.05, 0) is 24.6 Å². The zero-order chi connectivity index (χ0) is 18.6. The summed E-state index contributed by atoms with van der Waals surface area (Å²) in [5.41, 5.74) is 0.964. The molecule has 1 amide bonds. The maximum Gasteiger partial charge on any atom is 0.277 e. The third-order valence-corrected chi connectivity index (χ3v) is 5.58. The Morgan fingerprint density at radius 3 is 2.93 bits per heavy atom. The molecule has 1 aromatic carbocycles. The molecule has 1 aromatic heterocycles. The Morgan fingerprint density at radius 1 is 1.26 bits per heavy atom. The van der Waals surface area contributed by atoms with Gasteiger partial charge in [0, 0.05) is 12.8 Å². The molecule has 144 valence electrons. The lowest BCUT2D eigenvalue weighted by molar-refractivity contribution is -0.902. The van der Waals surface area contributed by atoms with Gasteiger partial charge in [-0.3, -0.25) is 4.79 Å². The Balaban J connectivity index is 1.25. The van der Waals surface area contributed by atoms with Gasteiger partial charge in [0.05, 0.1) is 24.9 Å². The second-order valence-corrected chi connectivity index (χ2v) is 7.71. The fourth-order valence-electron chi connectivity index (χ4n) is 3.31. The van der Waals surface area contributed by atoms with Crippen LogP contribution in [-0.2, 0) is 11.3 Å². The topological polar surface area (TPSA) is 90.9 Å². The molecule has 3 heterocycles. The van der Waals surface area contributed by atoms with E-state index in [-0.39, 0.29) is 24.5 Å². The molecule has 1 atom stereocenters. The van der Waals surface area contributed by atoms with Crippen molar-refractivity contribution < 1.29 is 23.6 Å². The number of hydrogen-bond acceptors (Lipinski definition) is 7. The highest BCUT2D eigenvalue weighted by atomic mass is 32.2. The summed E-state index contributed by atoms with van der Waals surface area (Å²) >= 11 is 1.26. The van der Waals surface area contributed by atoms with Crippen molar-refractivity contribution in [2.45, 2.75) is 37.6 Å². The van der Waals surface area contributed by atoms with Gasteiger partial charge >= 0.3 is 0 Å². The standard InChI is InChI=1S/C18H22N4O4S/c1-12(13-4-5-14-15(8-13)25-11-24-14)19-16(23)10-27-18-21-20-17(26-18)9-22-6-2-3-7-22/h4-5,8,12H,2-3,6-7,9-11H2,1H3,(H,19,23)/p+1/t12-/m1/s1. The van der Waals surface area contributed by atoms with Gasteiger partial charge in [0.25, 0.3) is 11.1 Å². The first kappa shape index (κ1) is 18.1. The Kier molecular flexibility index (Phi) is 5.49. The number of fused-ring (bicyclic) bond motifs is 1. The summed E-state index contributed by atoms with van der Waals surface area (Å²) < 4.78 is 16.3. The average molecular weight is 391 g/mol. The molecular weight excluding hydrogens is 368 g/mol. The van der Waals surface area contributed by atoms with E-state index in [1.54, 1.807) is 0 Å². The van der Waals surface area contributed by atoms with Crippen LogP contribution in [0.25, 0.3) is 0 Å². The van der Waals surface area contributed by atoms with E-state index in [1.165, 1.54) is 29.5 Å². The number of carbonyl (C=O) groups is 1. The molecule has 2 N–H and O–H groups in total. The molecule has 0 bridgehead atoms. The zero-order valence-electron chi connectivity index (χ0n) is 15.2. The van der Waals surface area contributed by atoms with Crippen molar-refractivity contribution in [1.82, 2.24) is 15.5 Å². The lowest BCUT2D eigenvalue weighted by Gasteiger charge is -2.14. The van der Waals surface area contributed by atoms with Gasteiger partial charge in [-0.25, -0.2) is 0 Å². The van der Waals surface area contributed by atoms with Crippen molar-refractivity contribution in [2.24, 2.45) is 0 Å². The molecular formula is C18H23N4O4S+. The highest BCUT2D eigenvalue weighted by Crippen LogP contribution is 2.34. The SMILES string of the molecule is C[C@@H](NC(=O)CSc1nnc(C[NH+]2CCCC2)o1)c1ccc2c(c1)OCO2. The Hall–Kier alpha value is -2.26. The number of quaternary nitrogens is 1. The number of aromatic nitrogens is 2. The van der Waals surface area contributed by atoms with Gasteiger partial charge in [0.15, 0.2) is 18.0 Å². The number of ether oxygens (including phenoxy) is 2. The Labute approximate surface area is 161 Å². The fraction of sp³-hybridized carbons (Fsp3) is 0.500. The smallest absolute Gasteiger partial charge is 0.277 e. The van der Waals surface area contributed by atoms with Crippen molar-refractivity contribution >= 4 is 17.7 Å². The third kappa shape index (κ3) is 4.54. The van der Waals surface area contributed by atoms with E-state index in [0.29, 0.717) is 16.9 Å². The molecule has 1 saturated heterocycles. The predicted octanol–water partition coefficient (Wildman–Crippen LogP) is 0.946. The monoisotopic (exact) mass is 391 g/mol. The number of nitrogens with one attached hydrogen (secondary N) is 2. The van der Waals surface area contributed by atoms with E-state index < -0.39 is 0 Å². The summed E-state index contributed by atoms with van der Waals surface area (Å²) in [7, 11) is 0. The number of rotatable bonds is 7. The number of carbonyl (C=O) groups excluding carboxylic acids is 1. The van der Waals surface area contributed by atoms with Crippen LogP contribution >= 0.6 is 11.8 Å². The second-order valence-electron chi connectivity index (χ2n) is 6.79. The van der Waals surface area contributed by atoms with E-state index in [2.05, 4.69) is 15.5 Å². The number of benzene rings is 1. The molecule has 27 heavy (non-hydrogen) atoms. The zero-order valence-corrected chi connectivity index (χ0v) is 16.0. The highest BCUT2D eigenvalue weighted by molar-refractivity contribution is 7.99. The van der Waals surface area contributed by atoms with Gasteiger partial charge in [-0.1, -0.05) is 17.8 Å². The molecule has 0 aliphatic carbocycles. The first-order chi connectivity index (χ1) is 13.2. The van der Waals surface area contributed by atoms with Crippen molar-refractivity contribution in [1.29, 1.82) is 0 Å². The van der Waals surface area contributed by atoms with Crippen LogP contribution in [0.15, 0.2) is 27.8 Å². The number of hydrogen-bond donors (Lipinski definition) is 2. The first-order valence-corrected chi connectivity index (χ1v) is 10.1. The van der Waals surface area contributed by atoms with Gasteiger partial charge < -0.3 is 24.1 Å². The Bertz CT molecular complexity index is 806. The summed E-state index contributed by atoms with van der Waals surface area (Å²) in [4.78, 5) is 13.7. The minimum absolute atomic E-state index is 0.0879. The number of amides is 1. The molecule has 2 aliphatic heterocycles. The minimum Gasteiger partial charge on any atom is -0.454 e. The van der Waals surface area contributed by atoms with Gasteiger partial charge in [0.2, 0.25) is 12.7 Å². The van der Waals surface area contributed by atoms with Crippen LogP contribution in [0.3, 0.4) is 0 Å². The van der Waals surface area contributed by atoms with Crippen LogP contribution in [0.4, 0.5) is 0 Å². The molecule has 0 spiro atoms. The van der Waals surface area contributed by atoms with Crippen molar-refractivity contribution in [3.8, 4) is 11.5 Å². The maximum absolute atomic E-state index is 12.2. The van der Waals surface area contributed by atoms with Gasteiger partial charge in [0.1, 0.15) is 0 Å².